The summed E-state index contributed by atoms with van der Waals surface area (Å²) in [5.74, 6) is -0.331. The van der Waals surface area contributed by atoms with E-state index in [1.807, 2.05) is 35.0 Å². The SMILES string of the molecule is CONC(=O)c1cnc2c(cnn2Cc2ccccc2)c1. The first kappa shape index (κ1) is 13.3. The van der Waals surface area contributed by atoms with Gasteiger partial charge >= 0.3 is 0 Å². The molecular formula is C15H14N4O2. The fraction of sp³-hybridized carbons (Fsp3) is 0.133. The van der Waals surface area contributed by atoms with Crippen LogP contribution in [-0.4, -0.2) is 27.8 Å². The highest BCUT2D eigenvalue weighted by atomic mass is 16.6. The van der Waals surface area contributed by atoms with E-state index in [-0.39, 0.29) is 5.91 Å². The second kappa shape index (κ2) is 5.72. The lowest BCUT2D eigenvalue weighted by atomic mass is 10.2. The maximum atomic E-state index is 11.7. The van der Waals surface area contributed by atoms with Gasteiger partial charge in [0.05, 0.1) is 25.4 Å². The van der Waals surface area contributed by atoms with Crippen LogP contribution in [0, 0.1) is 0 Å². The molecule has 0 saturated carbocycles. The van der Waals surface area contributed by atoms with Gasteiger partial charge in [-0.1, -0.05) is 30.3 Å². The van der Waals surface area contributed by atoms with Crippen molar-refractivity contribution >= 4 is 16.9 Å². The smallest absolute Gasteiger partial charge is 0.276 e. The Bertz CT molecular complexity index is 768. The van der Waals surface area contributed by atoms with Crippen LogP contribution in [0.15, 0.2) is 48.8 Å². The van der Waals surface area contributed by atoms with Gasteiger partial charge in [0.15, 0.2) is 5.65 Å². The van der Waals surface area contributed by atoms with Gasteiger partial charge in [-0.25, -0.2) is 15.1 Å². The van der Waals surface area contributed by atoms with Crippen LogP contribution in [0.2, 0.25) is 0 Å². The topological polar surface area (TPSA) is 69.0 Å². The summed E-state index contributed by atoms with van der Waals surface area (Å²) in [7, 11) is 1.39. The number of nitrogens with zero attached hydrogens (tertiary/aromatic N) is 3. The maximum Gasteiger partial charge on any atom is 0.276 e. The Morgan fingerprint density at radius 2 is 2.10 bits per heavy atom. The molecule has 0 atom stereocenters. The van der Waals surface area contributed by atoms with Gasteiger partial charge in [0.2, 0.25) is 0 Å². The van der Waals surface area contributed by atoms with E-state index < -0.39 is 0 Å². The maximum absolute atomic E-state index is 11.7. The second-order valence-corrected chi connectivity index (χ2v) is 4.56. The number of hydrogen-bond donors (Lipinski definition) is 1. The zero-order valence-corrected chi connectivity index (χ0v) is 11.5. The van der Waals surface area contributed by atoms with Gasteiger partial charge in [0.25, 0.3) is 5.91 Å². The molecule has 6 nitrogen and oxygen atoms in total. The third-order valence-corrected chi connectivity index (χ3v) is 3.11. The number of carbonyl (C=O) groups excluding carboxylic acids is 1. The van der Waals surface area contributed by atoms with Crippen molar-refractivity contribution in [2.45, 2.75) is 6.54 Å². The largest absolute Gasteiger partial charge is 0.277 e. The molecule has 2 aromatic heterocycles. The van der Waals surface area contributed by atoms with Gasteiger partial charge in [-0.3, -0.25) is 9.63 Å². The van der Waals surface area contributed by atoms with Crippen molar-refractivity contribution in [3.63, 3.8) is 0 Å². The number of benzene rings is 1. The summed E-state index contributed by atoms with van der Waals surface area (Å²) in [4.78, 5) is 20.6. The number of hydroxylamine groups is 1. The minimum atomic E-state index is -0.331. The Hall–Kier alpha value is -2.73. The summed E-state index contributed by atoms with van der Waals surface area (Å²) in [6, 6.07) is 11.8. The zero-order chi connectivity index (χ0) is 14.7. The summed E-state index contributed by atoms with van der Waals surface area (Å²) in [5.41, 5.74) is 4.59. The van der Waals surface area contributed by atoms with Crippen molar-refractivity contribution in [2.75, 3.05) is 7.11 Å². The van der Waals surface area contributed by atoms with Crippen LogP contribution in [-0.2, 0) is 11.4 Å². The molecule has 1 N–H and O–H groups in total. The summed E-state index contributed by atoms with van der Waals surface area (Å²) in [5, 5.41) is 5.14. The number of aromatic nitrogens is 3. The summed E-state index contributed by atoms with van der Waals surface area (Å²) < 4.78 is 1.81. The number of carbonyl (C=O) groups is 1. The van der Waals surface area contributed by atoms with E-state index >= 15 is 0 Å². The molecule has 0 aliphatic carbocycles. The molecule has 3 aromatic rings. The average molecular weight is 282 g/mol. The molecule has 0 radical (unpaired) electrons. The lowest BCUT2D eigenvalue weighted by Gasteiger charge is -2.04. The highest BCUT2D eigenvalue weighted by molar-refractivity contribution is 5.96. The fourth-order valence-electron chi connectivity index (χ4n) is 2.12. The van der Waals surface area contributed by atoms with Crippen LogP contribution in [0.4, 0.5) is 0 Å². The summed E-state index contributed by atoms with van der Waals surface area (Å²) in [6.45, 7) is 0.640. The van der Waals surface area contributed by atoms with E-state index in [9.17, 15) is 4.79 Å². The third kappa shape index (κ3) is 2.75. The Morgan fingerprint density at radius 1 is 1.29 bits per heavy atom. The van der Waals surface area contributed by atoms with Crippen LogP contribution in [0.5, 0.6) is 0 Å². The van der Waals surface area contributed by atoms with Crippen LogP contribution >= 0.6 is 0 Å². The quantitative estimate of drug-likeness (QED) is 0.740. The Morgan fingerprint density at radius 3 is 2.86 bits per heavy atom. The van der Waals surface area contributed by atoms with Crippen molar-refractivity contribution in [1.82, 2.24) is 20.2 Å². The summed E-state index contributed by atoms with van der Waals surface area (Å²) >= 11 is 0. The van der Waals surface area contributed by atoms with Crippen LogP contribution in [0.1, 0.15) is 15.9 Å². The monoisotopic (exact) mass is 282 g/mol. The van der Waals surface area contributed by atoms with Gasteiger partial charge in [0.1, 0.15) is 0 Å². The molecule has 1 amide bonds. The number of hydrogen-bond acceptors (Lipinski definition) is 4. The van der Waals surface area contributed by atoms with Crippen molar-refractivity contribution < 1.29 is 9.63 Å². The van der Waals surface area contributed by atoms with Crippen LogP contribution in [0.25, 0.3) is 11.0 Å². The molecule has 3 rings (SSSR count). The standard InChI is InChI=1S/C15H14N4O2/c1-21-18-15(20)13-7-12-9-17-19(14(12)16-8-13)10-11-5-3-2-4-6-11/h2-9H,10H2,1H3,(H,18,20). The summed E-state index contributed by atoms with van der Waals surface area (Å²) in [6.07, 6.45) is 3.22. The molecule has 21 heavy (non-hydrogen) atoms. The molecule has 0 spiro atoms. The Balaban J connectivity index is 1.91. The fourth-order valence-corrected chi connectivity index (χ4v) is 2.12. The first-order valence-corrected chi connectivity index (χ1v) is 6.47. The highest BCUT2D eigenvalue weighted by Crippen LogP contribution is 2.14. The minimum Gasteiger partial charge on any atom is -0.277 e. The lowest BCUT2D eigenvalue weighted by Crippen LogP contribution is -2.21. The second-order valence-electron chi connectivity index (χ2n) is 4.56. The number of amides is 1. The van der Waals surface area contributed by atoms with Crippen molar-refractivity contribution in [3.05, 3.63) is 59.9 Å². The zero-order valence-electron chi connectivity index (χ0n) is 11.5. The van der Waals surface area contributed by atoms with Gasteiger partial charge in [-0.05, 0) is 11.6 Å². The van der Waals surface area contributed by atoms with Crippen molar-refractivity contribution in [3.8, 4) is 0 Å². The molecule has 0 unspecified atom stereocenters. The molecule has 0 saturated heterocycles. The first-order chi connectivity index (χ1) is 10.3. The Kier molecular flexibility index (Phi) is 3.61. The normalized spacial score (nSPS) is 10.7. The van der Waals surface area contributed by atoms with Crippen molar-refractivity contribution in [2.24, 2.45) is 0 Å². The molecule has 2 heterocycles. The van der Waals surface area contributed by atoms with E-state index in [2.05, 4.69) is 20.4 Å². The molecule has 6 heteroatoms. The van der Waals surface area contributed by atoms with Gasteiger partial charge in [-0.15, -0.1) is 0 Å². The van der Waals surface area contributed by atoms with Gasteiger partial charge in [-0.2, -0.15) is 5.10 Å². The van der Waals surface area contributed by atoms with Gasteiger partial charge in [0, 0.05) is 11.6 Å². The molecule has 0 fully saturated rings. The number of nitrogens with one attached hydrogen (secondary N) is 1. The molecular weight excluding hydrogens is 268 g/mol. The van der Waals surface area contributed by atoms with E-state index in [4.69, 9.17) is 0 Å². The Labute approximate surface area is 121 Å². The number of rotatable bonds is 4. The first-order valence-electron chi connectivity index (χ1n) is 6.47. The lowest BCUT2D eigenvalue weighted by molar-refractivity contribution is 0.0537. The molecule has 1 aromatic carbocycles. The van der Waals surface area contributed by atoms with Crippen molar-refractivity contribution in [1.29, 1.82) is 0 Å². The van der Waals surface area contributed by atoms with E-state index in [0.29, 0.717) is 12.1 Å². The molecule has 0 aliphatic rings. The predicted octanol–water partition coefficient (Wildman–Crippen LogP) is 1.77. The number of fused-ring (bicyclic) bond motifs is 1. The van der Waals surface area contributed by atoms with E-state index in [1.54, 1.807) is 12.3 Å². The van der Waals surface area contributed by atoms with Gasteiger partial charge < -0.3 is 0 Å². The molecule has 106 valence electrons. The highest BCUT2D eigenvalue weighted by Gasteiger charge is 2.10. The number of pyridine rings is 1. The van der Waals surface area contributed by atoms with Crippen LogP contribution in [0.3, 0.4) is 0 Å². The van der Waals surface area contributed by atoms with Crippen LogP contribution < -0.4 is 5.48 Å². The van der Waals surface area contributed by atoms with E-state index in [0.717, 1.165) is 16.6 Å². The minimum absolute atomic E-state index is 0.331. The molecule has 0 bridgehead atoms. The average Bonchev–Trinajstić information content (AvgIpc) is 2.91. The third-order valence-electron chi connectivity index (χ3n) is 3.11. The predicted molar refractivity (Wildman–Crippen MR) is 77.5 cm³/mol. The van der Waals surface area contributed by atoms with E-state index in [1.165, 1.54) is 13.3 Å². The molecule has 0 aliphatic heterocycles.